The van der Waals surface area contributed by atoms with Crippen LogP contribution >= 0.6 is 0 Å². The summed E-state index contributed by atoms with van der Waals surface area (Å²) in [5.41, 5.74) is 19.2. The lowest BCUT2D eigenvalue weighted by Crippen LogP contribution is -2.33. The molecule has 0 fully saturated rings. The monoisotopic (exact) mass is 684 g/mol. The molecule has 8 aromatic carbocycles. The highest BCUT2D eigenvalue weighted by Gasteiger charge is 2.50. The molecule has 250 valence electrons. The fourth-order valence-electron chi connectivity index (χ4n) is 9.78. The van der Waals surface area contributed by atoms with Gasteiger partial charge in [0.25, 0.3) is 0 Å². The Balaban J connectivity index is 1.08. The van der Waals surface area contributed by atoms with Crippen LogP contribution in [-0.4, -0.2) is 9.55 Å². The fraction of sp³-hybridized carbons (Fsp3) is 0.0192. The molecule has 2 aliphatic rings. The van der Waals surface area contributed by atoms with E-state index in [-0.39, 0.29) is 0 Å². The number of nitrogens with zero attached hydrogens (tertiary/aromatic N) is 2. The molecule has 3 heterocycles. The topological polar surface area (TPSA) is 17.8 Å². The van der Waals surface area contributed by atoms with Gasteiger partial charge in [-0.3, -0.25) is 0 Å². The zero-order valence-electron chi connectivity index (χ0n) is 29.4. The Labute approximate surface area is 313 Å². The molecule has 1 unspecified atom stereocenters. The van der Waals surface area contributed by atoms with E-state index >= 15 is 0 Å². The average molecular weight is 685 g/mol. The Bertz CT molecular complexity index is 3170. The van der Waals surface area contributed by atoms with Crippen molar-refractivity contribution in [3.8, 4) is 50.3 Å². The van der Waals surface area contributed by atoms with Crippen molar-refractivity contribution in [2.45, 2.75) is 5.41 Å². The van der Waals surface area contributed by atoms with Crippen LogP contribution < -0.4 is 0 Å². The van der Waals surface area contributed by atoms with E-state index in [0.717, 1.165) is 22.2 Å². The Hall–Kier alpha value is -7.03. The van der Waals surface area contributed by atoms with Gasteiger partial charge < -0.3 is 4.57 Å². The Morgan fingerprint density at radius 2 is 1.04 bits per heavy atom. The molecule has 0 bridgehead atoms. The summed E-state index contributed by atoms with van der Waals surface area (Å²) in [6.45, 7) is 0. The van der Waals surface area contributed by atoms with Crippen LogP contribution in [0.1, 0.15) is 22.3 Å². The SMILES string of the molecule is c1ccc(-c2ccc3c(-c4cccc(-c5ccc6c(c5)C5(c7ccccc7-6)c6ccccc6-n6c7ccccc7c7cccc5c76)c4)cccc3n2)cc1. The van der Waals surface area contributed by atoms with Gasteiger partial charge in [-0.25, -0.2) is 4.98 Å². The zero-order valence-corrected chi connectivity index (χ0v) is 29.4. The maximum atomic E-state index is 5.08. The number of benzene rings is 8. The van der Waals surface area contributed by atoms with Gasteiger partial charge in [0.15, 0.2) is 0 Å². The molecule has 1 aliphatic heterocycles. The van der Waals surface area contributed by atoms with E-state index in [9.17, 15) is 0 Å². The lowest BCUT2D eigenvalue weighted by molar-refractivity contribution is 0.749. The Morgan fingerprint density at radius 3 is 1.98 bits per heavy atom. The minimum absolute atomic E-state index is 0.474. The van der Waals surface area contributed by atoms with E-state index < -0.39 is 5.41 Å². The molecular formula is C52H32N2. The molecular weight excluding hydrogens is 653 g/mol. The number of hydrogen-bond acceptors (Lipinski definition) is 1. The molecule has 2 nitrogen and oxygen atoms in total. The minimum atomic E-state index is -0.474. The molecule has 0 radical (unpaired) electrons. The summed E-state index contributed by atoms with van der Waals surface area (Å²) in [7, 11) is 0. The molecule has 0 amide bonds. The third-order valence-corrected chi connectivity index (χ3v) is 12.0. The van der Waals surface area contributed by atoms with Crippen molar-refractivity contribution in [2.24, 2.45) is 0 Å². The van der Waals surface area contributed by atoms with Crippen LogP contribution in [0.5, 0.6) is 0 Å². The Kier molecular flexibility index (Phi) is 6.01. The first-order valence-electron chi connectivity index (χ1n) is 18.7. The molecule has 2 heteroatoms. The Morgan fingerprint density at radius 1 is 0.370 bits per heavy atom. The van der Waals surface area contributed by atoms with Gasteiger partial charge in [0, 0.05) is 21.7 Å². The summed E-state index contributed by atoms with van der Waals surface area (Å²) >= 11 is 0. The van der Waals surface area contributed by atoms with Crippen molar-refractivity contribution < 1.29 is 0 Å². The molecule has 0 N–H and O–H groups in total. The predicted molar refractivity (Wildman–Crippen MR) is 223 cm³/mol. The van der Waals surface area contributed by atoms with E-state index in [1.54, 1.807) is 0 Å². The normalized spacial score (nSPS) is 15.1. The van der Waals surface area contributed by atoms with Crippen molar-refractivity contribution in [3.05, 3.63) is 216 Å². The molecule has 1 atom stereocenters. The largest absolute Gasteiger partial charge is 0.309 e. The molecule has 0 saturated carbocycles. The van der Waals surface area contributed by atoms with Gasteiger partial charge in [-0.05, 0) is 92.0 Å². The van der Waals surface area contributed by atoms with Gasteiger partial charge in [-0.1, -0.05) is 158 Å². The van der Waals surface area contributed by atoms with Crippen LogP contribution in [0.3, 0.4) is 0 Å². The second kappa shape index (κ2) is 11.0. The van der Waals surface area contributed by atoms with E-state index in [0.29, 0.717) is 0 Å². The first-order chi connectivity index (χ1) is 26.8. The molecule has 54 heavy (non-hydrogen) atoms. The third kappa shape index (κ3) is 3.87. The fourth-order valence-corrected chi connectivity index (χ4v) is 9.78. The predicted octanol–water partition coefficient (Wildman–Crippen LogP) is 13.0. The summed E-state index contributed by atoms with van der Waals surface area (Å²) in [5, 5.41) is 3.74. The van der Waals surface area contributed by atoms with Crippen LogP contribution in [0.15, 0.2) is 194 Å². The van der Waals surface area contributed by atoms with Gasteiger partial charge >= 0.3 is 0 Å². The summed E-state index contributed by atoms with van der Waals surface area (Å²) in [6.07, 6.45) is 0. The second-order valence-corrected chi connectivity index (χ2v) is 14.6. The van der Waals surface area contributed by atoms with E-state index in [1.165, 1.54) is 83.1 Å². The van der Waals surface area contributed by atoms with Gasteiger partial charge in [0.05, 0.1) is 33.3 Å². The van der Waals surface area contributed by atoms with Crippen molar-refractivity contribution in [1.29, 1.82) is 0 Å². The number of pyridine rings is 1. The number of para-hydroxylation sites is 3. The molecule has 1 spiro atoms. The van der Waals surface area contributed by atoms with Crippen LogP contribution in [0.2, 0.25) is 0 Å². The van der Waals surface area contributed by atoms with Crippen molar-refractivity contribution in [2.75, 3.05) is 0 Å². The highest BCUT2D eigenvalue weighted by molar-refractivity contribution is 6.13. The van der Waals surface area contributed by atoms with Crippen molar-refractivity contribution in [1.82, 2.24) is 9.55 Å². The smallest absolute Gasteiger partial charge is 0.0754 e. The molecule has 12 rings (SSSR count). The first-order valence-corrected chi connectivity index (χ1v) is 18.7. The first kappa shape index (κ1) is 29.5. The van der Waals surface area contributed by atoms with Crippen LogP contribution in [0.25, 0.3) is 83.0 Å². The third-order valence-electron chi connectivity index (χ3n) is 12.0. The van der Waals surface area contributed by atoms with Gasteiger partial charge in [0.1, 0.15) is 0 Å². The summed E-state index contributed by atoms with van der Waals surface area (Å²) in [4.78, 5) is 5.08. The van der Waals surface area contributed by atoms with E-state index in [1.807, 2.05) is 6.07 Å². The number of aromatic nitrogens is 2. The standard InChI is InChI=1S/C52H32N2/c1-2-13-33(14-3-1)47-30-29-40-37(19-12-24-48(40)53-47)36-16-10-15-34(31-36)35-27-28-39-38-17-4-6-21-43(38)52(46(39)32-35)44-22-7-9-26-50(44)54-49-25-8-5-18-41(49)42-20-11-23-45(52)51(42)54/h1-32H. The molecule has 2 aromatic heterocycles. The number of rotatable bonds is 3. The van der Waals surface area contributed by atoms with Crippen molar-refractivity contribution >= 4 is 32.7 Å². The lowest BCUT2D eigenvalue weighted by atomic mass is 9.65. The highest BCUT2D eigenvalue weighted by Crippen LogP contribution is 2.61. The van der Waals surface area contributed by atoms with E-state index in [2.05, 4.69) is 193 Å². The maximum absolute atomic E-state index is 5.08. The quantitative estimate of drug-likeness (QED) is 0.181. The number of hydrogen-bond donors (Lipinski definition) is 0. The second-order valence-electron chi connectivity index (χ2n) is 14.6. The summed E-state index contributed by atoms with van der Waals surface area (Å²) < 4.78 is 2.51. The van der Waals surface area contributed by atoms with Crippen LogP contribution in [-0.2, 0) is 5.41 Å². The van der Waals surface area contributed by atoms with Crippen LogP contribution in [0.4, 0.5) is 0 Å². The van der Waals surface area contributed by atoms with Crippen LogP contribution in [0, 0.1) is 0 Å². The average Bonchev–Trinajstić information content (AvgIpc) is 3.74. The molecule has 10 aromatic rings. The minimum Gasteiger partial charge on any atom is -0.309 e. The molecule has 0 saturated heterocycles. The summed E-state index contributed by atoms with van der Waals surface area (Å²) in [6, 6.07) is 71.4. The van der Waals surface area contributed by atoms with Gasteiger partial charge in [-0.2, -0.15) is 0 Å². The zero-order chi connectivity index (χ0) is 35.4. The highest BCUT2D eigenvalue weighted by atomic mass is 15.0. The lowest BCUT2D eigenvalue weighted by Gasteiger charge is -2.39. The molecule has 1 aliphatic carbocycles. The van der Waals surface area contributed by atoms with Gasteiger partial charge in [0.2, 0.25) is 0 Å². The van der Waals surface area contributed by atoms with E-state index in [4.69, 9.17) is 4.98 Å². The summed E-state index contributed by atoms with van der Waals surface area (Å²) in [5.74, 6) is 0. The maximum Gasteiger partial charge on any atom is 0.0754 e. The van der Waals surface area contributed by atoms with Gasteiger partial charge in [-0.15, -0.1) is 0 Å². The number of fused-ring (bicyclic) bond motifs is 13. The van der Waals surface area contributed by atoms with Crippen molar-refractivity contribution in [3.63, 3.8) is 0 Å².